The van der Waals surface area contributed by atoms with Crippen molar-refractivity contribution in [1.82, 2.24) is 14.6 Å². The minimum absolute atomic E-state index is 0.0184. The second-order valence-corrected chi connectivity index (χ2v) is 4.96. The number of hydrogen-bond acceptors (Lipinski definition) is 2. The molecule has 0 amide bonds. The van der Waals surface area contributed by atoms with E-state index >= 15 is 0 Å². The van der Waals surface area contributed by atoms with Crippen molar-refractivity contribution >= 4 is 17.2 Å². The van der Waals surface area contributed by atoms with Gasteiger partial charge in [0, 0.05) is 24.2 Å². The minimum atomic E-state index is -4.54. The number of H-pyrrole nitrogens is 1. The number of alkyl halides is 4. The zero-order valence-corrected chi connectivity index (χ0v) is 11.7. The Labute approximate surface area is 127 Å². The van der Waals surface area contributed by atoms with Gasteiger partial charge in [-0.15, -0.1) is 11.6 Å². The molecule has 2 aliphatic rings. The molecule has 8 heteroatoms. The van der Waals surface area contributed by atoms with Gasteiger partial charge in [-0.3, -0.25) is 4.79 Å². The molecule has 0 aliphatic heterocycles. The SMILES string of the molecule is ClCc1cc2cc-2c1.O=c1cc[nH]c2cc(C(F)(F)F)nn12. The fourth-order valence-electron chi connectivity index (χ4n) is 1.96. The molecule has 0 fully saturated rings. The highest BCUT2D eigenvalue weighted by atomic mass is 35.5. The Morgan fingerprint density at radius 1 is 1.18 bits per heavy atom. The first kappa shape index (κ1) is 14.6. The highest BCUT2D eigenvalue weighted by molar-refractivity contribution is 6.17. The van der Waals surface area contributed by atoms with Crippen molar-refractivity contribution in [2.45, 2.75) is 12.1 Å². The molecule has 22 heavy (non-hydrogen) atoms. The third-order valence-electron chi connectivity index (χ3n) is 3.06. The average molecular weight is 328 g/mol. The van der Waals surface area contributed by atoms with E-state index < -0.39 is 17.4 Å². The highest BCUT2D eigenvalue weighted by Gasteiger charge is 2.34. The molecule has 0 radical (unpaired) electrons. The molecule has 4 rings (SSSR count). The lowest BCUT2D eigenvalue weighted by Gasteiger charge is -1.98. The van der Waals surface area contributed by atoms with E-state index in [1.165, 1.54) is 22.9 Å². The highest BCUT2D eigenvalue weighted by Crippen LogP contribution is 2.36. The fourth-order valence-corrected chi connectivity index (χ4v) is 2.11. The number of nitrogens with zero attached hydrogens (tertiary/aromatic N) is 2. The summed E-state index contributed by atoms with van der Waals surface area (Å²) in [7, 11) is 0. The summed E-state index contributed by atoms with van der Waals surface area (Å²) in [6.45, 7) is 0. The van der Waals surface area contributed by atoms with Crippen LogP contribution >= 0.6 is 11.6 Å². The first-order valence-corrected chi connectivity index (χ1v) is 6.77. The molecule has 2 aromatic heterocycles. The lowest BCUT2D eigenvalue weighted by Crippen LogP contribution is -2.14. The Balaban J connectivity index is 0.000000151. The number of aromatic amines is 1. The van der Waals surface area contributed by atoms with Crippen molar-refractivity contribution in [3.63, 3.8) is 0 Å². The van der Waals surface area contributed by atoms with E-state index in [0.717, 1.165) is 12.1 Å². The van der Waals surface area contributed by atoms with Gasteiger partial charge in [-0.05, 0) is 34.9 Å². The maximum atomic E-state index is 12.2. The monoisotopic (exact) mass is 327 g/mol. The predicted molar refractivity (Wildman–Crippen MR) is 75.8 cm³/mol. The van der Waals surface area contributed by atoms with Crippen LogP contribution < -0.4 is 5.56 Å². The van der Waals surface area contributed by atoms with Crippen molar-refractivity contribution in [3.05, 3.63) is 58.1 Å². The number of halogens is 4. The smallest absolute Gasteiger partial charge is 0.346 e. The Morgan fingerprint density at radius 2 is 1.86 bits per heavy atom. The number of aromatic nitrogens is 3. The van der Waals surface area contributed by atoms with Crippen LogP contribution in [0.25, 0.3) is 16.8 Å². The zero-order valence-electron chi connectivity index (χ0n) is 11.0. The summed E-state index contributed by atoms with van der Waals surface area (Å²) in [5, 5.41) is 3.13. The van der Waals surface area contributed by atoms with Gasteiger partial charge in [-0.2, -0.15) is 22.8 Å². The maximum absolute atomic E-state index is 12.2. The quantitative estimate of drug-likeness (QED) is 0.544. The van der Waals surface area contributed by atoms with Crippen molar-refractivity contribution in [3.8, 4) is 11.1 Å². The fraction of sp³-hybridized carbons (Fsp3) is 0.143. The summed E-state index contributed by atoms with van der Waals surface area (Å²) in [5.41, 5.74) is 2.33. The van der Waals surface area contributed by atoms with Crippen LogP contribution in [-0.4, -0.2) is 14.6 Å². The Bertz CT molecular complexity index is 878. The molecular formula is C14H9ClF3N3O. The summed E-state index contributed by atoms with van der Waals surface area (Å²) in [6, 6.07) is 8.28. The van der Waals surface area contributed by atoms with E-state index in [-0.39, 0.29) is 5.65 Å². The number of rotatable bonds is 1. The summed E-state index contributed by atoms with van der Waals surface area (Å²) in [6.07, 6.45) is -3.27. The van der Waals surface area contributed by atoms with Crippen LogP contribution in [0.1, 0.15) is 11.3 Å². The molecule has 2 aromatic rings. The largest absolute Gasteiger partial charge is 0.435 e. The van der Waals surface area contributed by atoms with Gasteiger partial charge in [-0.25, -0.2) is 0 Å². The standard InChI is InChI=1S/C7H5Cl.C7H4F3N3O/c8-4-5-1-6-3-7(6)2-5;8-7(9,10)4-3-5-11-2-1-6(14)13(5)12-4/h1-3H,4H2;1-3,11H. The van der Waals surface area contributed by atoms with Gasteiger partial charge in [0.1, 0.15) is 5.65 Å². The third kappa shape index (κ3) is 2.85. The van der Waals surface area contributed by atoms with E-state index in [1.807, 2.05) is 0 Å². The van der Waals surface area contributed by atoms with Crippen LogP contribution in [0.3, 0.4) is 0 Å². The third-order valence-corrected chi connectivity index (χ3v) is 3.37. The van der Waals surface area contributed by atoms with Crippen LogP contribution in [0.5, 0.6) is 0 Å². The van der Waals surface area contributed by atoms with Gasteiger partial charge in [0.25, 0.3) is 5.56 Å². The predicted octanol–water partition coefficient (Wildman–Crippen LogP) is 3.45. The summed E-state index contributed by atoms with van der Waals surface area (Å²) in [4.78, 5) is 13.5. The van der Waals surface area contributed by atoms with Gasteiger partial charge in [0.15, 0.2) is 5.69 Å². The van der Waals surface area contributed by atoms with Crippen LogP contribution in [0.2, 0.25) is 0 Å². The molecule has 0 unspecified atom stereocenters. The van der Waals surface area contributed by atoms with Crippen LogP contribution in [-0.2, 0) is 12.1 Å². The lowest BCUT2D eigenvalue weighted by atomic mass is 10.4. The van der Waals surface area contributed by atoms with Gasteiger partial charge in [0.2, 0.25) is 0 Å². The molecule has 0 bridgehead atoms. The van der Waals surface area contributed by atoms with E-state index in [2.05, 4.69) is 28.3 Å². The number of nitrogens with one attached hydrogen (secondary N) is 1. The summed E-state index contributed by atoms with van der Waals surface area (Å²) in [5.74, 6) is 0.654. The van der Waals surface area contributed by atoms with E-state index in [0.29, 0.717) is 10.4 Å². The maximum Gasteiger partial charge on any atom is 0.435 e. The van der Waals surface area contributed by atoms with Crippen molar-refractivity contribution in [1.29, 1.82) is 0 Å². The minimum Gasteiger partial charge on any atom is -0.346 e. The number of benzene rings is 1. The van der Waals surface area contributed by atoms with Crippen LogP contribution in [0.15, 0.2) is 41.3 Å². The van der Waals surface area contributed by atoms with Gasteiger partial charge in [-0.1, -0.05) is 0 Å². The number of fused-ring (bicyclic) bond motifs is 2. The summed E-state index contributed by atoms with van der Waals surface area (Å²) < 4.78 is 37.2. The first-order chi connectivity index (χ1) is 10.4. The molecule has 114 valence electrons. The van der Waals surface area contributed by atoms with Gasteiger partial charge < -0.3 is 4.98 Å². The first-order valence-electron chi connectivity index (χ1n) is 6.23. The summed E-state index contributed by atoms with van der Waals surface area (Å²) >= 11 is 5.55. The van der Waals surface area contributed by atoms with Crippen molar-refractivity contribution in [2.24, 2.45) is 0 Å². The normalized spacial score (nSPS) is 12.0. The Morgan fingerprint density at radius 3 is 2.36 bits per heavy atom. The molecular weight excluding hydrogens is 319 g/mol. The molecule has 2 aliphatic carbocycles. The van der Waals surface area contributed by atoms with Crippen LogP contribution in [0.4, 0.5) is 13.2 Å². The van der Waals surface area contributed by atoms with Gasteiger partial charge >= 0.3 is 6.18 Å². The topological polar surface area (TPSA) is 50.2 Å². The Hall–Kier alpha value is -2.28. The van der Waals surface area contributed by atoms with Crippen LogP contribution in [0, 0.1) is 0 Å². The lowest BCUT2D eigenvalue weighted by molar-refractivity contribution is -0.141. The average Bonchev–Trinajstić information content (AvgIpc) is 2.91. The van der Waals surface area contributed by atoms with Crippen molar-refractivity contribution < 1.29 is 13.2 Å². The van der Waals surface area contributed by atoms with E-state index in [4.69, 9.17) is 11.6 Å². The van der Waals surface area contributed by atoms with Gasteiger partial charge in [0.05, 0.1) is 0 Å². The molecule has 0 spiro atoms. The molecule has 0 atom stereocenters. The Kier molecular flexibility index (Phi) is 3.44. The number of hydrogen-bond donors (Lipinski definition) is 1. The van der Waals surface area contributed by atoms with E-state index in [9.17, 15) is 18.0 Å². The van der Waals surface area contributed by atoms with E-state index in [1.54, 1.807) is 0 Å². The van der Waals surface area contributed by atoms with Crippen molar-refractivity contribution in [2.75, 3.05) is 0 Å². The molecule has 2 heterocycles. The zero-order chi connectivity index (χ0) is 15.9. The second-order valence-electron chi connectivity index (χ2n) is 4.69. The molecule has 1 N–H and O–H groups in total. The second kappa shape index (κ2) is 5.17. The molecule has 4 nitrogen and oxygen atoms in total. The molecule has 0 saturated carbocycles. The molecule has 0 saturated heterocycles. The molecule has 0 aromatic carbocycles.